The highest BCUT2D eigenvalue weighted by Gasteiger charge is 2.22. The summed E-state index contributed by atoms with van der Waals surface area (Å²) < 4.78 is 9.76. The molecule has 0 saturated carbocycles. The minimum atomic E-state index is -0.486. The van der Waals surface area contributed by atoms with Crippen molar-refractivity contribution in [3.05, 3.63) is 39.1 Å². The van der Waals surface area contributed by atoms with E-state index in [1.165, 1.54) is 30.6 Å². The van der Waals surface area contributed by atoms with Crippen molar-refractivity contribution in [2.24, 2.45) is 0 Å². The van der Waals surface area contributed by atoms with Crippen molar-refractivity contribution in [2.75, 3.05) is 12.4 Å². The predicted molar refractivity (Wildman–Crippen MR) is 76.8 cm³/mol. The number of nitrogens with one attached hydrogen (secondary N) is 1. The van der Waals surface area contributed by atoms with Gasteiger partial charge in [0.25, 0.3) is 5.91 Å². The molecule has 0 radical (unpaired) electrons. The van der Waals surface area contributed by atoms with Gasteiger partial charge in [0.15, 0.2) is 11.0 Å². The Kier molecular flexibility index (Phi) is 4.15. The lowest BCUT2D eigenvalue weighted by atomic mass is 10.1. The van der Waals surface area contributed by atoms with Crippen LogP contribution in [0, 0.1) is 13.8 Å². The molecule has 2 heterocycles. The molecule has 1 amide bonds. The van der Waals surface area contributed by atoms with E-state index < -0.39 is 11.9 Å². The van der Waals surface area contributed by atoms with Gasteiger partial charge in [0.2, 0.25) is 0 Å². The SMILES string of the molecule is COC(=O)c1c(NC(=O)c2ccc(Cl)o2)sc(C)c1C. The highest BCUT2D eigenvalue weighted by atomic mass is 35.5. The van der Waals surface area contributed by atoms with E-state index in [2.05, 4.69) is 5.32 Å². The van der Waals surface area contributed by atoms with Gasteiger partial charge in [-0.1, -0.05) is 0 Å². The monoisotopic (exact) mass is 313 g/mol. The number of furan rings is 1. The van der Waals surface area contributed by atoms with Gasteiger partial charge in [-0.2, -0.15) is 0 Å². The number of anilines is 1. The number of thiophene rings is 1. The number of amides is 1. The zero-order chi connectivity index (χ0) is 14.9. The van der Waals surface area contributed by atoms with Crippen LogP contribution in [0.15, 0.2) is 16.5 Å². The first-order valence-corrected chi connectivity index (χ1v) is 6.88. The number of carbonyl (C=O) groups is 2. The fraction of sp³-hybridized carbons (Fsp3) is 0.231. The van der Waals surface area contributed by atoms with Crippen LogP contribution in [0.5, 0.6) is 0 Å². The van der Waals surface area contributed by atoms with Crippen molar-refractivity contribution in [3.8, 4) is 0 Å². The van der Waals surface area contributed by atoms with E-state index in [0.29, 0.717) is 10.6 Å². The summed E-state index contributed by atoms with van der Waals surface area (Å²) in [6.07, 6.45) is 0. The Balaban J connectivity index is 2.32. The minimum Gasteiger partial charge on any atom is -0.465 e. The van der Waals surface area contributed by atoms with Crippen LogP contribution >= 0.6 is 22.9 Å². The molecular formula is C13H12ClNO4S. The summed E-state index contributed by atoms with van der Waals surface area (Å²) in [5, 5.41) is 3.20. The van der Waals surface area contributed by atoms with Gasteiger partial charge in [-0.15, -0.1) is 11.3 Å². The number of rotatable bonds is 3. The van der Waals surface area contributed by atoms with E-state index >= 15 is 0 Å². The highest BCUT2D eigenvalue weighted by Crippen LogP contribution is 2.33. The lowest BCUT2D eigenvalue weighted by Crippen LogP contribution is -2.13. The van der Waals surface area contributed by atoms with Crippen molar-refractivity contribution in [1.82, 2.24) is 0 Å². The van der Waals surface area contributed by atoms with E-state index in [-0.39, 0.29) is 11.0 Å². The fourth-order valence-corrected chi connectivity index (χ4v) is 2.85. The number of hydrogen-bond donors (Lipinski definition) is 1. The fourth-order valence-electron chi connectivity index (χ4n) is 1.66. The van der Waals surface area contributed by atoms with Crippen molar-refractivity contribution >= 4 is 39.8 Å². The minimum absolute atomic E-state index is 0.0783. The van der Waals surface area contributed by atoms with Crippen molar-refractivity contribution in [1.29, 1.82) is 0 Å². The van der Waals surface area contributed by atoms with Crippen LogP contribution in [0.25, 0.3) is 0 Å². The molecule has 0 aliphatic heterocycles. The van der Waals surface area contributed by atoms with E-state index in [1.54, 1.807) is 6.92 Å². The van der Waals surface area contributed by atoms with Gasteiger partial charge in [0, 0.05) is 4.88 Å². The number of hydrogen-bond acceptors (Lipinski definition) is 5. The van der Waals surface area contributed by atoms with Crippen LogP contribution in [-0.2, 0) is 4.74 Å². The molecule has 0 unspecified atom stereocenters. The molecule has 2 rings (SSSR count). The zero-order valence-electron chi connectivity index (χ0n) is 11.1. The van der Waals surface area contributed by atoms with E-state index in [9.17, 15) is 9.59 Å². The number of halogens is 1. The largest absolute Gasteiger partial charge is 0.465 e. The Morgan fingerprint density at radius 2 is 2.05 bits per heavy atom. The van der Waals surface area contributed by atoms with Gasteiger partial charge in [-0.3, -0.25) is 4.79 Å². The third-order valence-electron chi connectivity index (χ3n) is 2.80. The molecule has 106 valence electrons. The Hall–Kier alpha value is -1.79. The highest BCUT2D eigenvalue weighted by molar-refractivity contribution is 7.16. The second-order valence-corrected chi connectivity index (χ2v) is 5.63. The van der Waals surface area contributed by atoms with Crippen LogP contribution in [0.2, 0.25) is 5.22 Å². The average molecular weight is 314 g/mol. The molecule has 0 aromatic carbocycles. The lowest BCUT2D eigenvalue weighted by molar-refractivity contribution is 0.0601. The van der Waals surface area contributed by atoms with Gasteiger partial charge in [-0.25, -0.2) is 4.79 Å². The first-order chi connectivity index (χ1) is 9.43. The molecule has 0 fully saturated rings. The number of carbonyl (C=O) groups excluding carboxylic acids is 2. The van der Waals surface area contributed by atoms with E-state index in [0.717, 1.165) is 10.4 Å². The first kappa shape index (κ1) is 14.6. The van der Waals surface area contributed by atoms with Crippen LogP contribution in [-0.4, -0.2) is 19.0 Å². The topological polar surface area (TPSA) is 68.5 Å². The van der Waals surface area contributed by atoms with Gasteiger partial charge < -0.3 is 14.5 Å². The molecule has 20 heavy (non-hydrogen) atoms. The van der Waals surface area contributed by atoms with Crippen LogP contribution in [0.3, 0.4) is 0 Å². The van der Waals surface area contributed by atoms with Crippen LogP contribution in [0.4, 0.5) is 5.00 Å². The molecule has 0 spiro atoms. The van der Waals surface area contributed by atoms with Gasteiger partial charge in [0.05, 0.1) is 12.7 Å². The smallest absolute Gasteiger partial charge is 0.341 e. The number of methoxy groups -OCH3 is 1. The van der Waals surface area contributed by atoms with Crippen LogP contribution < -0.4 is 5.32 Å². The summed E-state index contributed by atoms with van der Waals surface area (Å²) in [5.41, 5.74) is 1.15. The normalized spacial score (nSPS) is 10.4. The summed E-state index contributed by atoms with van der Waals surface area (Å²) in [6.45, 7) is 3.67. The van der Waals surface area contributed by atoms with Gasteiger partial charge in [0.1, 0.15) is 5.00 Å². The summed E-state index contributed by atoms with van der Waals surface area (Å²) >= 11 is 6.93. The molecule has 0 aliphatic rings. The van der Waals surface area contributed by atoms with Crippen molar-refractivity contribution in [3.63, 3.8) is 0 Å². The lowest BCUT2D eigenvalue weighted by Gasteiger charge is -2.04. The molecule has 5 nitrogen and oxygen atoms in total. The second-order valence-electron chi connectivity index (χ2n) is 4.04. The summed E-state index contributed by atoms with van der Waals surface area (Å²) in [7, 11) is 1.30. The molecule has 0 atom stereocenters. The molecule has 1 N–H and O–H groups in total. The molecule has 2 aromatic rings. The maximum Gasteiger partial charge on any atom is 0.341 e. The Labute approximate surface area is 124 Å². The zero-order valence-corrected chi connectivity index (χ0v) is 12.6. The van der Waals surface area contributed by atoms with Crippen molar-refractivity contribution < 1.29 is 18.7 Å². The Morgan fingerprint density at radius 1 is 1.35 bits per heavy atom. The summed E-state index contributed by atoms with van der Waals surface area (Å²) in [5.74, 6) is -0.877. The third kappa shape index (κ3) is 2.71. The Bertz CT molecular complexity index is 674. The maximum absolute atomic E-state index is 12.0. The molecule has 2 aromatic heterocycles. The molecule has 7 heteroatoms. The third-order valence-corrected chi connectivity index (χ3v) is 4.12. The predicted octanol–water partition coefficient (Wildman–Crippen LogP) is 3.65. The standard InChI is InChI=1S/C13H12ClNO4S/c1-6-7(2)20-12(10(6)13(17)18-3)15-11(16)8-4-5-9(14)19-8/h4-5H,1-3H3,(H,15,16). The summed E-state index contributed by atoms with van der Waals surface area (Å²) in [4.78, 5) is 24.7. The van der Waals surface area contributed by atoms with Crippen LogP contribution in [0.1, 0.15) is 31.4 Å². The first-order valence-electron chi connectivity index (χ1n) is 5.69. The van der Waals surface area contributed by atoms with Gasteiger partial charge >= 0.3 is 5.97 Å². The maximum atomic E-state index is 12.0. The molecule has 0 aliphatic carbocycles. The molecular weight excluding hydrogens is 302 g/mol. The van der Waals surface area contributed by atoms with Crippen molar-refractivity contribution in [2.45, 2.75) is 13.8 Å². The molecule has 0 saturated heterocycles. The molecule has 0 bridgehead atoms. The van der Waals surface area contributed by atoms with E-state index in [4.69, 9.17) is 20.8 Å². The van der Waals surface area contributed by atoms with Gasteiger partial charge in [-0.05, 0) is 43.1 Å². The Morgan fingerprint density at radius 3 is 2.60 bits per heavy atom. The number of esters is 1. The van der Waals surface area contributed by atoms with E-state index in [1.807, 2.05) is 6.92 Å². The second kappa shape index (κ2) is 5.68. The average Bonchev–Trinajstić information content (AvgIpc) is 2.94. The number of ether oxygens (including phenoxy) is 1. The summed E-state index contributed by atoms with van der Waals surface area (Å²) in [6, 6.07) is 2.94. The quantitative estimate of drug-likeness (QED) is 0.878. The number of aryl methyl sites for hydroxylation is 1.